The number of anilines is 1. The number of aromatic nitrogens is 2. The molecule has 2 atom stereocenters. The molecule has 5 heteroatoms. The molecular formula is C16H19N3O2. The van der Waals surface area contributed by atoms with Crippen LogP contribution in [0.4, 0.5) is 5.82 Å². The number of aryl methyl sites for hydroxylation is 1. The van der Waals surface area contributed by atoms with Gasteiger partial charge in [0.15, 0.2) is 0 Å². The molecule has 3 rings (SSSR count). The topological polar surface area (TPSA) is 64.1 Å². The van der Waals surface area contributed by atoms with Crippen LogP contribution in [0, 0.1) is 12.8 Å². The lowest BCUT2D eigenvalue weighted by molar-refractivity contribution is -0.145. The summed E-state index contributed by atoms with van der Waals surface area (Å²) in [5.74, 6) is 0.740. The van der Waals surface area contributed by atoms with Crippen LogP contribution in [-0.4, -0.2) is 29.1 Å². The van der Waals surface area contributed by atoms with Crippen LogP contribution in [0.25, 0.3) is 10.9 Å². The maximum Gasteiger partial charge on any atom is 0.308 e. The van der Waals surface area contributed by atoms with E-state index in [-0.39, 0.29) is 17.9 Å². The van der Waals surface area contributed by atoms with Gasteiger partial charge in [0, 0.05) is 11.4 Å². The third kappa shape index (κ3) is 2.68. The van der Waals surface area contributed by atoms with Crippen molar-refractivity contribution in [2.75, 3.05) is 12.4 Å². The van der Waals surface area contributed by atoms with E-state index in [9.17, 15) is 4.79 Å². The minimum absolute atomic E-state index is 0.00216. The number of rotatable bonds is 3. The van der Waals surface area contributed by atoms with Crippen LogP contribution in [0.15, 0.2) is 24.5 Å². The number of fused-ring (bicyclic) bond motifs is 1. The van der Waals surface area contributed by atoms with Crippen LogP contribution in [0.5, 0.6) is 0 Å². The van der Waals surface area contributed by atoms with Crippen molar-refractivity contribution >= 4 is 22.7 Å². The highest BCUT2D eigenvalue weighted by molar-refractivity contribution is 5.90. The smallest absolute Gasteiger partial charge is 0.308 e. The number of ether oxygens (including phenoxy) is 1. The fourth-order valence-corrected chi connectivity index (χ4v) is 3.04. The predicted octanol–water partition coefficient (Wildman–Crippen LogP) is 2.69. The highest BCUT2D eigenvalue weighted by atomic mass is 16.5. The van der Waals surface area contributed by atoms with Crippen LogP contribution in [0.2, 0.25) is 0 Å². The van der Waals surface area contributed by atoms with E-state index in [0.29, 0.717) is 0 Å². The van der Waals surface area contributed by atoms with E-state index in [4.69, 9.17) is 4.74 Å². The summed E-state index contributed by atoms with van der Waals surface area (Å²) in [5.41, 5.74) is 2.11. The average Bonchev–Trinajstić information content (AvgIpc) is 2.96. The summed E-state index contributed by atoms with van der Waals surface area (Å²) in [4.78, 5) is 20.3. The number of para-hydroxylation sites is 1. The fraction of sp³-hybridized carbons (Fsp3) is 0.438. The molecule has 110 valence electrons. The van der Waals surface area contributed by atoms with Gasteiger partial charge in [-0.3, -0.25) is 4.79 Å². The van der Waals surface area contributed by atoms with Gasteiger partial charge < -0.3 is 10.1 Å². The number of nitrogens with one attached hydrogen (secondary N) is 1. The van der Waals surface area contributed by atoms with E-state index in [0.717, 1.165) is 41.5 Å². The number of hydrogen-bond donors (Lipinski definition) is 1. The Kier molecular flexibility index (Phi) is 3.73. The highest BCUT2D eigenvalue weighted by Crippen LogP contribution is 2.30. The van der Waals surface area contributed by atoms with Gasteiger partial charge in [-0.25, -0.2) is 9.97 Å². The Morgan fingerprint density at radius 1 is 1.33 bits per heavy atom. The van der Waals surface area contributed by atoms with Gasteiger partial charge in [0.05, 0.1) is 18.5 Å². The summed E-state index contributed by atoms with van der Waals surface area (Å²) in [6.45, 7) is 2.04. The van der Waals surface area contributed by atoms with Crippen LogP contribution >= 0.6 is 0 Å². The monoisotopic (exact) mass is 285 g/mol. The zero-order valence-electron chi connectivity index (χ0n) is 12.3. The summed E-state index contributed by atoms with van der Waals surface area (Å²) < 4.78 is 4.83. The first kappa shape index (κ1) is 13.8. The first-order chi connectivity index (χ1) is 10.2. The summed E-state index contributed by atoms with van der Waals surface area (Å²) in [5, 5.41) is 4.49. The number of carbonyl (C=O) groups excluding carboxylic acids is 1. The summed E-state index contributed by atoms with van der Waals surface area (Å²) in [7, 11) is 1.45. The number of methoxy groups -OCH3 is 1. The van der Waals surface area contributed by atoms with Crippen molar-refractivity contribution in [1.82, 2.24) is 9.97 Å². The molecule has 21 heavy (non-hydrogen) atoms. The van der Waals surface area contributed by atoms with E-state index in [2.05, 4.69) is 15.3 Å². The quantitative estimate of drug-likeness (QED) is 0.878. The number of hydrogen-bond acceptors (Lipinski definition) is 5. The van der Waals surface area contributed by atoms with Gasteiger partial charge in [0.1, 0.15) is 12.1 Å². The van der Waals surface area contributed by atoms with E-state index >= 15 is 0 Å². The Labute approximate surface area is 123 Å². The summed E-state index contributed by atoms with van der Waals surface area (Å²) in [6.07, 6.45) is 4.21. The van der Waals surface area contributed by atoms with Crippen molar-refractivity contribution in [3.05, 3.63) is 30.1 Å². The molecule has 1 aliphatic rings. The number of carbonyl (C=O) groups is 1. The number of nitrogens with zero attached hydrogens (tertiary/aromatic N) is 2. The third-order valence-corrected chi connectivity index (χ3v) is 4.17. The average molecular weight is 285 g/mol. The second kappa shape index (κ2) is 5.68. The van der Waals surface area contributed by atoms with Crippen LogP contribution in [0.1, 0.15) is 24.8 Å². The molecular weight excluding hydrogens is 266 g/mol. The fourth-order valence-electron chi connectivity index (χ4n) is 3.04. The minimum atomic E-state index is -0.109. The second-order valence-electron chi connectivity index (χ2n) is 5.57. The Bertz CT molecular complexity index is 672. The molecule has 1 aliphatic carbocycles. The van der Waals surface area contributed by atoms with Crippen molar-refractivity contribution in [3.63, 3.8) is 0 Å². The molecule has 2 aromatic rings. The number of benzene rings is 1. The Balaban J connectivity index is 1.80. The zero-order chi connectivity index (χ0) is 14.8. The molecule has 0 bridgehead atoms. The zero-order valence-corrected chi connectivity index (χ0v) is 12.3. The molecule has 5 nitrogen and oxygen atoms in total. The largest absolute Gasteiger partial charge is 0.469 e. The molecule has 1 aromatic heterocycles. The first-order valence-electron chi connectivity index (χ1n) is 7.23. The second-order valence-corrected chi connectivity index (χ2v) is 5.57. The van der Waals surface area contributed by atoms with E-state index < -0.39 is 0 Å². The normalized spacial score (nSPS) is 21.4. The predicted molar refractivity (Wildman–Crippen MR) is 81.0 cm³/mol. The van der Waals surface area contributed by atoms with Gasteiger partial charge in [-0.2, -0.15) is 0 Å². The molecule has 1 N–H and O–H groups in total. The van der Waals surface area contributed by atoms with Gasteiger partial charge in [-0.05, 0) is 37.8 Å². The lowest BCUT2D eigenvalue weighted by atomic mass is 10.1. The van der Waals surface area contributed by atoms with E-state index in [1.807, 2.05) is 25.1 Å². The molecule has 1 saturated carbocycles. The summed E-state index contributed by atoms with van der Waals surface area (Å²) in [6, 6.07) is 6.34. The maximum atomic E-state index is 11.6. The number of esters is 1. The van der Waals surface area contributed by atoms with Crippen LogP contribution < -0.4 is 5.32 Å². The first-order valence-corrected chi connectivity index (χ1v) is 7.23. The van der Waals surface area contributed by atoms with Gasteiger partial charge in [-0.1, -0.05) is 12.1 Å². The maximum absolute atomic E-state index is 11.6. The Hall–Kier alpha value is -2.17. The molecule has 0 unspecified atom stereocenters. The van der Waals surface area contributed by atoms with Gasteiger partial charge >= 0.3 is 5.97 Å². The standard InChI is InChI=1S/C16H19N3O2/c1-10-4-3-5-13-14(10)17-9-18-15(13)19-12-7-6-11(8-12)16(20)21-2/h3-5,9,11-12H,6-8H2,1-2H3,(H,17,18,19)/t11-,12+/m0/s1. The van der Waals surface area contributed by atoms with Crippen molar-refractivity contribution in [2.24, 2.45) is 5.92 Å². The Morgan fingerprint density at radius 3 is 3.00 bits per heavy atom. The third-order valence-electron chi connectivity index (χ3n) is 4.17. The SMILES string of the molecule is COC(=O)[C@H]1CC[C@@H](Nc2ncnc3c(C)cccc23)C1. The van der Waals surface area contributed by atoms with E-state index in [1.54, 1.807) is 6.33 Å². The van der Waals surface area contributed by atoms with Crippen molar-refractivity contribution < 1.29 is 9.53 Å². The lowest BCUT2D eigenvalue weighted by Gasteiger charge is -2.15. The molecule has 0 saturated heterocycles. The Morgan fingerprint density at radius 2 is 2.19 bits per heavy atom. The molecule has 1 aromatic carbocycles. The van der Waals surface area contributed by atoms with Crippen molar-refractivity contribution in [2.45, 2.75) is 32.2 Å². The molecule has 0 amide bonds. The van der Waals surface area contributed by atoms with Crippen LogP contribution in [0.3, 0.4) is 0 Å². The van der Waals surface area contributed by atoms with Crippen LogP contribution in [-0.2, 0) is 9.53 Å². The molecule has 1 heterocycles. The van der Waals surface area contributed by atoms with Crippen molar-refractivity contribution in [3.8, 4) is 0 Å². The van der Waals surface area contributed by atoms with Gasteiger partial charge in [-0.15, -0.1) is 0 Å². The molecule has 0 radical (unpaired) electrons. The molecule has 0 aliphatic heterocycles. The van der Waals surface area contributed by atoms with E-state index in [1.165, 1.54) is 7.11 Å². The molecule has 0 spiro atoms. The highest BCUT2D eigenvalue weighted by Gasteiger charge is 2.30. The summed E-state index contributed by atoms with van der Waals surface area (Å²) >= 11 is 0. The minimum Gasteiger partial charge on any atom is -0.469 e. The van der Waals surface area contributed by atoms with Gasteiger partial charge in [0.2, 0.25) is 0 Å². The van der Waals surface area contributed by atoms with Crippen molar-refractivity contribution in [1.29, 1.82) is 0 Å². The molecule has 1 fully saturated rings. The lowest BCUT2D eigenvalue weighted by Crippen LogP contribution is -2.19. The van der Waals surface area contributed by atoms with Gasteiger partial charge in [0.25, 0.3) is 0 Å².